The molecule has 0 saturated carbocycles. The summed E-state index contributed by atoms with van der Waals surface area (Å²) in [5.41, 5.74) is 13.9. The minimum absolute atomic E-state index is 1.11. The Bertz CT molecular complexity index is 2680. The van der Waals surface area contributed by atoms with Crippen molar-refractivity contribution in [3.8, 4) is 33.4 Å². The molecule has 0 amide bonds. The molecule has 9 aromatic rings. The van der Waals surface area contributed by atoms with E-state index in [-0.39, 0.29) is 0 Å². The van der Waals surface area contributed by atoms with Crippen molar-refractivity contribution in [1.82, 2.24) is 0 Å². The fourth-order valence-corrected chi connectivity index (χ4v) is 10.3. The fourth-order valence-electron chi connectivity index (χ4n) is 7.99. The van der Waals surface area contributed by atoms with Crippen LogP contribution in [0.15, 0.2) is 243 Å². The van der Waals surface area contributed by atoms with Gasteiger partial charge in [-0.25, -0.2) is 0 Å². The van der Waals surface area contributed by atoms with Gasteiger partial charge >= 0.3 is 0 Å². The molecule has 0 aromatic heterocycles. The molecule has 0 aliphatic carbocycles. The topological polar surface area (TPSA) is 6.48 Å². The third-order valence-electron chi connectivity index (χ3n) is 11.4. The molecular formula is C56H46N2Si. The molecule has 0 heterocycles. The maximum Gasteiger partial charge on any atom is 0.112 e. The number of para-hydroxylation sites is 3. The Balaban J connectivity index is 0.928. The van der Waals surface area contributed by atoms with Crippen LogP contribution < -0.4 is 20.2 Å². The second-order valence-electron chi connectivity index (χ2n) is 15.5. The molecule has 0 spiro atoms. The summed E-state index contributed by atoms with van der Waals surface area (Å²) in [5, 5.41) is 2.90. The van der Waals surface area contributed by atoms with Crippen LogP contribution in [0, 0.1) is 0 Å². The Morgan fingerprint density at radius 3 is 0.712 bits per heavy atom. The molecule has 0 N–H and O–H groups in total. The van der Waals surface area contributed by atoms with Gasteiger partial charge in [-0.15, -0.1) is 0 Å². The number of hydrogen-bond acceptors (Lipinski definition) is 2. The van der Waals surface area contributed by atoms with Crippen LogP contribution in [0.5, 0.6) is 0 Å². The molecule has 0 radical (unpaired) electrons. The maximum atomic E-state index is 2.43. The van der Waals surface area contributed by atoms with Crippen LogP contribution in [0.4, 0.5) is 34.1 Å². The van der Waals surface area contributed by atoms with Crippen LogP contribution in [-0.4, -0.2) is 8.07 Å². The summed E-state index contributed by atoms with van der Waals surface area (Å²) in [6, 6.07) is 87.5. The average Bonchev–Trinajstić information content (AvgIpc) is 3.31. The Morgan fingerprint density at radius 1 is 0.220 bits per heavy atom. The number of hydrogen-bond donors (Lipinski definition) is 0. The van der Waals surface area contributed by atoms with E-state index < -0.39 is 8.07 Å². The molecule has 0 aliphatic heterocycles. The summed E-state index contributed by atoms with van der Waals surface area (Å²) in [6.07, 6.45) is 0. The summed E-state index contributed by atoms with van der Waals surface area (Å²) >= 11 is 0. The lowest BCUT2D eigenvalue weighted by atomic mass is 9.99. The maximum absolute atomic E-state index is 2.43. The second kappa shape index (κ2) is 16.7. The monoisotopic (exact) mass is 774 g/mol. The van der Waals surface area contributed by atoms with Crippen molar-refractivity contribution >= 4 is 52.6 Å². The van der Waals surface area contributed by atoms with Gasteiger partial charge in [-0.2, -0.15) is 0 Å². The van der Waals surface area contributed by atoms with Gasteiger partial charge in [0, 0.05) is 34.1 Å². The lowest BCUT2D eigenvalue weighted by molar-refractivity contribution is 1.28. The van der Waals surface area contributed by atoms with Crippen LogP contribution >= 0.6 is 0 Å². The predicted octanol–water partition coefficient (Wildman–Crippen LogP) is 14.4. The van der Waals surface area contributed by atoms with Gasteiger partial charge in [0.05, 0.1) is 0 Å². The van der Waals surface area contributed by atoms with Gasteiger partial charge in [0.15, 0.2) is 0 Å². The first-order chi connectivity index (χ1) is 29.0. The molecule has 284 valence electrons. The largest absolute Gasteiger partial charge is 0.311 e. The highest BCUT2D eigenvalue weighted by atomic mass is 28.3. The summed E-state index contributed by atoms with van der Waals surface area (Å²) < 4.78 is 0. The van der Waals surface area contributed by atoms with Crippen LogP contribution in [0.1, 0.15) is 0 Å². The molecule has 0 aliphatic rings. The van der Waals surface area contributed by atoms with E-state index in [1.807, 2.05) is 0 Å². The number of anilines is 6. The van der Waals surface area contributed by atoms with E-state index in [2.05, 4.69) is 266 Å². The molecular weight excluding hydrogens is 729 g/mol. The minimum atomic E-state index is -1.75. The highest BCUT2D eigenvalue weighted by Crippen LogP contribution is 2.38. The van der Waals surface area contributed by atoms with E-state index in [1.54, 1.807) is 0 Å². The number of benzene rings is 9. The van der Waals surface area contributed by atoms with Crippen molar-refractivity contribution in [1.29, 1.82) is 0 Å². The third-order valence-corrected chi connectivity index (χ3v) is 15.0. The van der Waals surface area contributed by atoms with Crippen molar-refractivity contribution in [3.63, 3.8) is 0 Å². The van der Waals surface area contributed by atoms with Crippen molar-refractivity contribution in [3.05, 3.63) is 243 Å². The van der Waals surface area contributed by atoms with Crippen LogP contribution in [0.3, 0.4) is 0 Å². The summed E-state index contributed by atoms with van der Waals surface area (Å²) in [4.78, 5) is 4.62. The Labute approximate surface area is 350 Å². The normalized spacial score (nSPS) is 11.2. The Hall–Kier alpha value is -7.20. The van der Waals surface area contributed by atoms with Gasteiger partial charge in [-0.05, 0) is 106 Å². The molecule has 3 heteroatoms. The third kappa shape index (κ3) is 8.02. The van der Waals surface area contributed by atoms with Gasteiger partial charge in [-0.1, -0.05) is 193 Å². The second-order valence-corrected chi connectivity index (χ2v) is 19.9. The number of rotatable bonds is 11. The van der Waals surface area contributed by atoms with Crippen LogP contribution in [-0.2, 0) is 0 Å². The first-order valence-electron chi connectivity index (χ1n) is 20.3. The van der Waals surface area contributed by atoms with E-state index in [0.717, 1.165) is 34.1 Å². The molecule has 0 unspecified atom stereocenters. The van der Waals surface area contributed by atoms with E-state index in [4.69, 9.17) is 0 Å². The van der Waals surface area contributed by atoms with Crippen LogP contribution in [0.25, 0.3) is 33.4 Å². The highest BCUT2D eigenvalue weighted by Gasteiger charge is 2.25. The van der Waals surface area contributed by atoms with Crippen molar-refractivity contribution in [2.24, 2.45) is 0 Å². The zero-order chi connectivity index (χ0) is 40.0. The van der Waals surface area contributed by atoms with E-state index in [9.17, 15) is 0 Å². The number of nitrogens with zero attached hydrogens (tertiary/aromatic N) is 2. The summed E-state index contributed by atoms with van der Waals surface area (Å²) in [5.74, 6) is 0. The lowest BCUT2D eigenvalue weighted by Crippen LogP contribution is -2.52. The zero-order valence-corrected chi connectivity index (χ0v) is 34.5. The molecule has 0 fully saturated rings. The average molecular weight is 775 g/mol. The van der Waals surface area contributed by atoms with Gasteiger partial charge < -0.3 is 9.80 Å². The SMILES string of the molecule is C[Si](C)(c1ccccc1)c1ccc(-c2ccc(N(c3ccccc3)c3ccc(-c4ccc(-c5ccc(N(c6ccccc6)c6ccccc6)cc5)cc4)cc3)cc2)cc1. The molecule has 9 rings (SSSR count). The quantitative estimate of drug-likeness (QED) is 0.121. The van der Waals surface area contributed by atoms with Gasteiger partial charge in [0.2, 0.25) is 0 Å². The molecule has 9 aromatic carbocycles. The van der Waals surface area contributed by atoms with Crippen molar-refractivity contribution in [2.75, 3.05) is 9.80 Å². The Morgan fingerprint density at radius 2 is 0.424 bits per heavy atom. The molecule has 0 atom stereocenters. The smallest absolute Gasteiger partial charge is 0.112 e. The van der Waals surface area contributed by atoms with Gasteiger partial charge in [0.25, 0.3) is 0 Å². The van der Waals surface area contributed by atoms with E-state index in [1.165, 1.54) is 43.8 Å². The summed E-state index contributed by atoms with van der Waals surface area (Å²) in [6.45, 7) is 4.86. The first-order valence-corrected chi connectivity index (χ1v) is 23.3. The first kappa shape index (κ1) is 37.4. The summed E-state index contributed by atoms with van der Waals surface area (Å²) in [7, 11) is -1.75. The molecule has 0 bridgehead atoms. The van der Waals surface area contributed by atoms with E-state index >= 15 is 0 Å². The van der Waals surface area contributed by atoms with E-state index in [0.29, 0.717) is 0 Å². The lowest BCUT2D eigenvalue weighted by Gasteiger charge is -2.26. The van der Waals surface area contributed by atoms with Crippen LogP contribution in [0.2, 0.25) is 13.1 Å². The van der Waals surface area contributed by atoms with Crippen molar-refractivity contribution < 1.29 is 0 Å². The Kier molecular flexibility index (Phi) is 10.6. The molecule has 2 nitrogen and oxygen atoms in total. The fraction of sp³-hybridized carbons (Fsp3) is 0.0357. The molecule has 59 heavy (non-hydrogen) atoms. The van der Waals surface area contributed by atoms with Gasteiger partial charge in [0.1, 0.15) is 8.07 Å². The standard InChI is InChI=1S/C56H46N2Si/c1-59(2,55-21-13-6-14-22-55)56-41-33-48(34-42-56)47-31-39-54(40-32-47)58(51-19-11-5-12-20-51)53-37-29-46(30-38-53)44-25-23-43(24-26-44)45-27-35-52(36-28-45)57(49-15-7-3-8-16-49)50-17-9-4-10-18-50/h3-42H,1-2H3. The highest BCUT2D eigenvalue weighted by molar-refractivity contribution is 7.00. The molecule has 0 saturated heterocycles. The zero-order valence-electron chi connectivity index (χ0n) is 33.5. The minimum Gasteiger partial charge on any atom is -0.311 e. The van der Waals surface area contributed by atoms with Gasteiger partial charge in [-0.3, -0.25) is 0 Å². The van der Waals surface area contributed by atoms with Crippen molar-refractivity contribution in [2.45, 2.75) is 13.1 Å². The predicted molar refractivity (Wildman–Crippen MR) is 255 cm³/mol.